The van der Waals surface area contributed by atoms with E-state index < -0.39 is 5.97 Å². The van der Waals surface area contributed by atoms with Crippen LogP contribution >= 0.6 is 24.8 Å². The van der Waals surface area contributed by atoms with E-state index in [1.54, 1.807) is 18.2 Å². The summed E-state index contributed by atoms with van der Waals surface area (Å²) < 4.78 is 0. The zero-order valence-electron chi connectivity index (χ0n) is 9.96. The van der Waals surface area contributed by atoms with Gasteiger partial charge in [-0.25, -0.2) is 4.79 Å². The molecule has 4 nitrogen and oxygen atoms in total. The highest BCUT2D eigenvalue weighted by Gasteiger charge is 2.10. The van der Waals surface area contributed by atoms with Crippen LogP contribution in [0.5, 0.6) is 0 Å². The molecule has 0 saturated carbocycles. The van der Waals surface area contributed by atoms with E-state index in [9.17, 15) is 4.79 Å². The number of halogens is 2. The summed E-state index contributed by atoms with van der Waals surface area (Å²) in [7, 11) is 0. The normalized spacial score (nSPS) is 15.3. The van der Waals surface area contributed by atoms with Gasteiger partial charge in [-0.2, -0.15) is 0 Å². The van der Waals surface area contributed by atoms with Gasteiger partial charge in [-0.3, -0.25) is 4.90 Å². The first-order chi connectivity index (χ1) is 7.75. The number of piperazine rings is 1. The molecule has 1 aromatic carbocycles. The van der Waals surface area contributed by atoms with Crippen LogP contribution in [0.3, 0.4) is 0 Å². The molecule has 18 heavy (non-hydrogen) atoms. The Morgan fingerprint density at radius 1 is 1.28 bits per heavy atom. The minimum absolute atomic E-state index is 0. The highest BCUT2D eigenvalue weighted by atomic mass is 35.5. The zero-order chi connectivity index (χ0) is 11.4. The number of aromatic carboxylic acids is 1. The zero-order valence-corrected chi connectivity index (χ0v) is 11.6. The third-order valence-corrected chi connectivity index (χ3v) is 2.79. The molecule has 1 aliphatic rings. The lowest BCUT2D eigenvalue weighted by Gasteiger charge is -2.27. The van der Waals surface area contributed by atoms with Crippen LogP contribution in [0.25, 0.3) is 0 Å². The van der Waals surface area contributed by atoms with Gasteiger partial charge in [0.25, 0.3) is 0 Å². The Kier molecular flexibility index (Phi) is 7.95. The number of nitrogens with one attached hydrogen (secondary N) is 1. The molecular formula is C12H18Cl2N2O2. The molecule has 0 radical (unpaired) electrons. The van der Waals surface area contributed by atoms with Crippen molar-refractivity contribution in [3.8, 4) is 0 Å². The molecule has 6 heteroatoms. The minimum Gasteiger partial charge on any atom is -0.478 e. The Morgan fingerprint density at radius 2 is 1.94 bits per heavy atom. The minimum atomic E-state index is -0.859. The maximum atomic E-state index is 10.8. The lowest BCUT2D eigenvalue weighted by molar-refractivity contribution is 0.0696. The number of nitrogens with zero attached hydrogens (tertiary/aromatic N) is 1. The SMILES string of the molecule is Cl.Cl.O=C(O)c1cccc(CN2CCNCC2)c1. The van der Waals surface area contributed by atoms with Crippen LogP contribution in [0, 0.1) is 0 Å². The monoisotopic (exact) mass is 292 g/mol. The number of carboxylic acids is 1. The first kappa shape index (κ1) is 17.2. The fourth-order valence-electron chi connectivity index (χ4n) is 1.93. The molecule has 1 aliphatic heterocycles. The maximum absolute atomic E-state index is 10.8. The van der Waals surface area contributed by atoms with Crippen molar-refractivity contribution in [1.29, 1.82) is 0 Å². The van der Waals surface area contributed by atoms with Crippen LogP contribution in [0.15, 0.2) is 24.3 Å². The largest absolute Gasteiger partial charge is 0.478 e. The Bertz CT molecular complexity index is 382. The van der Waals surface area contributed by atoms with Gasteiger partial charge in [-0.15, -0.1) is 24.8 Å². The lowest BCUT2D eigenvalue weighted by Crippen LogP contribution is -2.42. The molecule has 0 amide bonds. The van der Waals surface area contributed by atoms with Gasteiger partial charge in [-0.1, -0.05) is 12.1 Å². The summed E-state index contributed by atoms with van der Waals surface area (Å²) in [5, 5.41) is 12.2. The topological polar surface area (TPSA) is 52.6 Å². The summed E-state index contributed by atoms with van der Waals surface area (Å²) in [6.07, 6.45) is 0. The van der Waals surface area contributed by atoms with Crippen molar-refractivity contribution in [2.24, 2.45) is 0 Å². The second-order valence-electron chi connectivity index (χ2n) is 4.03. The molecule has 0 aromatic heterocycles. The van der Waals surface area contributed by atoms with Crippen LogP contribution in [-0.2, 0) is 6.54 Å². The number of carbonyl (C=O) groups is 1. The third-order valence-electron chi connectivity index (χ3n) is 2.79. The molecule has 102 valence electrons. The van der Waals surface area contributed by atoms with Gasteiger partial charge < -0.3 is 10.4 Å². The number of hydrogen-bond donors (Lipinski definition) is 2. The van der Waals surface area contributed by atoms with Gasteiger partial charge in [0.2, 0.25) is 0 Å². The fourth-order valence-corrected chi connectivity index (χ4v) is 1.93. The summed E-state index contributed by atoms with van der Waals surface area (Å²) in [5.74, 6) is -0.859. The summed E-state index contributed by atoms with van der Waals surface area (Å²) >= 11 is 0. The van der Waals surface area contributed by atoms with Crippen molar-refractivity contribution in [1.82, 2.24) is 10.2 Å². The summed E-state index contributed by atoms with van der Waals surface area (Å²) in [4.78, 5) is 13.2. The van der Waals surface area contributed by atoms with E-state index in [2.05, 4.69) is 10.2 Å². The molecule has 1 saturated heterocycles. The summed E-state index contributed by atoms with van der Waals surface area (Å²) in [6, 6.07) is 7.17. The molecule has 2 rings (SSSR count). The molecule has 2 N–H and O–H groups in total. The van der Waals surface area contributed by atoms with E-state index in [-0.39, 0.29) is 24.8 Å². The van der Waals surface area contributed by atoms with Crippen LogP contribution in [-0.4, -0.2) is 42.2 Å². The Balaban J connectivity index is 0.00000144. The quantitative estimate of drug-likeness (QED) is 0.889. The molecule has 0 bridgehead atoms. The maximum Gasteiger partial charge on any atom is 0.335 e. The smallest absolute Gasteiger partial charge is 0.335 e. The van der Waals surface area contributed by atoms with E-state index in [0.717, 1.165) is 38.3 Å². The summed E-state index contributed by atoms with van der Waals surface area (Å²) in [5.41, 5.74) is 1.44. The second kappa shape index (κ2) is 8.32. The molecule has 0 atom stereocenters. The van der Waals surface area contributed by atoms with E-state index in [4.69, 9.17) is 5.11 Å². The van der Waals surface area contributed by atoms with E-state index >= 15 is 0 Å². The lowest BCUT2D eigenvalue weighted by atomic mass is 10.1. The predicted octanol–water partition coefficient (Wildman–Crippen LogP) is 1.63. The Morgan fingerprint density at radius 3 is 2.56 bits per heavy atom. The van der Waals surface area contributed by atoms with E-state index in [1.807, 2.05) is 6.07 Å². The molecule has 1 heterocycles. The van der Waals surface area contributed by atoms with Crippen LogP contribution in [0.4, 0.5) is 0 Å². The molecule has 1 fully saturated rings. The van der Waals surface area contributed by atoms with Crippen molar-refractivity contribution in [2.45, 2.75) is 6.54 Å². The highest BCUT2D eigenvalue weighted by Crippen LogP contribution is 2.09. The number of benzene rings is 1. The van der Waals surface area contributed by atoms with Crippen molar-refractivity contribution in [3.63, 3.8) is 0 Å². The summed E-state index contributed by atoms with van der Waals surface area (Å²) in [6.45, 7) is 4.91. The molecule has 0 unspecified atom stereocenters. The second-order valence-corrected chi connectivity index (χ2v) is 4.03. The number of rotatable bonds is 3. The standard InChI is InChI=1S/C12H16N2O2.2ClH/c15-12(16)11-3-1-2-10(8-11)9-14-6-4-13-5-7-14;;/h1-3,8,13H,4-7,9H2,(H,15,16);2*1H. The van der Waals surface area contributed by atoms with Crippen LogP contribution < -0.4 is 5.32 Å². The Hall–Kier alpha value is -0.810. The molecule has 0 aliphatic carbocycles. The van der Waals surface area contributed by atoms with Crippen molar-refractivity contribution < 1.29 is 9.90 Å². The first-order valence-electron chi connectivity index (χ1n) is 5.51. The van der Waals surface area contributed by atoms with Crippen molar-refractivity contribution in [2.75, 3.05) is 26.2 Å². The molecule has 0 spiro atoms. The van der Waals surface area contributed by atoms with E-state index in [0.29, 0.717) is 5.56 Å². The fraction of sp³-hybridized carbons (Fsp3) is 0.417. The molecular weight excluding hydrogens is 275 g/mol. The van der Waals surface area contributed by atoms with Gasteiger partial charge in [0.05, 0.1) is 5.56 Å². The number of hydrogen-bond acceptors (Lipinski definition) is 3. The van der Waals surface area contributed by atoms with Crippen LogP contribution in [0.1, 0.15) is 15.9 Å². The van der Waals surface area contributed by atoms with Gasteiger partial charge in [0.15, 0.2) is 0 Å². The molecule has 1 aromatic rings. The Labute approximate surface area is 119 Å². The van der Waals surface area contributed by atoms with Gasteiger partial charge in [-0.05, 0) is 17.7 Å². The third kappa shape index (κ3) is 4.82. The van der Waals surface area contributed by atoms with Gasteiger partial charge >= 0.3 is 5.97 Å². The van der Waals surface area contributed by atoms with Gasteiger partial charge in [0.1, 0.15) is 0 Å². The predicted molar refractivity (Wildman–Crippen MR) is 76.0 cm³/mol. The van der Waals surface area contributed by atoms with Crippen LogP contribution in [0.2, 0.25) is 0 Å². The van der Waals surface area contributed by atoms with Gasteiger partial charge in [0, 0.05) is 32.7 Å². The number of carboxylic acid groups (broad SMARTS) is 1. The van der Waals surface area contributed by atoms with Crippen molar-refractivity contribution >= 4 is 30.8 Å². The highest BCUT2D eigenvalue weighted by molar-refractivity contribution is 5.87. The average molecular weight is 293 g/mol. The van der Waals surface area contributed by atoms with E-state index in [1.165, 1.54) is 0 Å². The average Bonchev–Trinajstić information content (AvgIpc) is 2.30. The first-order valence-corrected chi connectivity index (χ1v) is 5.51. The van der Waals surface area contributed by atoms with Crippen molar-refractivity contribution in [3.05, 3.63) is 35.4 Å².